The fraction of sp³-hybridized carbons (Fsp3) is 0.324. The van der Waals surface area contributed by atoms with Gasteiger partial charge in [0.15, 0.2) is 0 Å². The van der Waals surface area contributed by atoms with Gasteiger partial charge < -0.3 is 34.6 Å². The predicted molar refractivity (Wildman–Crippen MR) is 169 cm³/mol. The van der Waals surface area contributed by atoms with Crippen LogP contribution < -0.4 is 9.64 Å². The van der Waals surface area contributed by atoms with E-state index in [0.717, 1.165) is 23.4 Å². The second kappa shape index (κ2) is 11.8. The maximum atomic E-state index is 15.4. The average molecular weight is 632 g/mol. The molecule has 0 saturated heterocycles. The number of nitrogens with zero attached hydrogens (tertiary/aromatic N) is 4. The van der Waals surface area contributed by atoms with E-state index in [2.05, 4.69) is 9.97 Å². The number of aromatic nitrogens is 2. The molecule has 2 aliphatic heterocycles. The first-order valence-electron chi connectivity index (χ1n) is 15.0. The van der Waals surface area contributed by atoms with E-state index in [1.807, 2.05) is 12.1 Å². The number of rotatable bonds is 5. The summed E-state index contributed by atoms with van der Waals surface area (Å²) in [7, 11) is 3.43. The van der Waals surface area contributed by atoms with E-state index in [4.69, 9.17) is 4.74 Å². The molecule has 46 heavy (non-hydrogen) atoms. The van der Waals surface area contributed by atoms with Gasteiger partial charge in [-0.1, -0.05) is 6.08 Å². The van der Waals surface area contributed by atoms with Gasteiger partial charge in [0.25, 0.3) is 5.91 Å². The van der Waals surface area contributed by atoms with Crippen molar-refractivity contribution in [3.63, 3.8) is 0 Å². The van der Waals surface area contributed by atoms with E-state index < -0.39 is 29.7 Å². The van der Waals surface area contributed by atoms with Gasteiger partial charge in [0.1, 0.15) is 35.2 Å². The Morgan fingerprint density at radius 2 is 1.91 bits per heavy atom. The zero-order valence-electron chi connectivity index (χ0n) is 26.0. The third-order valence-corrected chi connectivity index (χ3v) is 8.46. The van der Waals surface area contributed by atoms with Crippen molar-refractivity contribution in [3.8, 4) is 16.9 Å². The normalized spacial score (nSPS) is 15.4. The molecule has 0 unspecified atom stereocenters. The zero-order valence-corrected chi connectivity index (χ0v) is 26.0. The molecule has 0 fully saturated rings. The number of amides is 3. The highest BCUT2D eigenvalue weighted by atomic mass is 19.1. The molecule has 0 saturated carbocycles. The van der Waals surface area contributed by atoms with Crippen LogP contribution in [-0.4, -0.2) is 82.3 Å². The molecule has 3 amide bonds. The number of benzene rings is 2. The molecule has 0 radical (unpaired) electrons. The van der Waals surface area contributed by atoms with Gasteiger partial charge >= 0.3 is 6.03 Å². The molecule has 4 aromatic rings. The largest absolute Gasteiger partial charge is 0.491 e. The zero-order chi connectivity index (χ0) is 32.9. The molecule has 0 aliphatic carbocycles. The van der Waals surface area contributed by atoms with Gasteiger partial charge in [0.2, 0.25) is 0 Å². The van der Waals surface area contributed by atoms with Gasteiger partial charge in [-0.2, -0.15) is 0 Å². The number of fused-ring (bicyclic) bond motifs is 2. The van der Waals surface area contributed by atoms with Crippen LogP contribution >= 0.6 is 0 Å². The van der Waals surface area contributed by atoms with E-state index in [0.29, 0.717) is 41.7 Å². The lowest BCUT2D eigenvalue weighted by atomic mass is 9.94. The lowest BCUT2D eigenvalue weighted by molar-refractivity contribution is 0.0777. The third kappa shape index (κ3) is 5.58. The van der Waals surface area contributed by atoms with E-state index in [1.54, 1.807) is 36.2 Å². The number of aliphatic hydroxyl groups is 2. The lowest BCUT2D eigenvalue weighted by Gasteiger charge is -2.28. The van der Waals surface area contributed by atoms with Crippen LogP contribution in [0.1, 0.15) is 47.4 Å². The molecule has 2 aromatic carbocycles. The Hall–Kier alpha value is -4.81. The highest BCUT2D eigenvalue weighted by Crippen LogP contribution is 2.40. The van der Waals surface area contributed by atoms with Crippen molar-refractivity contribution in [2.24, 2.45) is 0 Å². The quantitative estimate of drug-likeness (QED) is 0.284. The van der Waals surface area contributed by atoms with Crippen LogP contribution in [0.5, 0.6) is 5.75 Å². The van der Waals surface area contributed by atoms with Gasteiger partial charge in [-0.05, 0) is 78.9 Å². The first-order valence-corrected chi connectivity index (χ1v) is 15.0. The highest BCUT2D eigenvalue weighted by molar-refractivity contribution is 6.09. The number of carbonyl (C=O) groups excluding carboxylic acids is 2. The van der Waals surface area contributed by atoms with E-state index in [-0.39, 0.29) is 47.3 Å². The Morgan fingerprint density at radius 3 is 2.59 bits per heavy atom. The summed E-state index contributed by atoms with van der Waals surface area (Å²) in [5, 5.41) is 21.7. The Bertz CT molecular complexity index is 1900. The van der Waals surface area contributed by atoms with Crippen LogP contribution in [0.15, 0.2) is 48.7 Å². The molecule has 0 atom stereocenters. The Morgan fingerprint density at radius 1 is 1.13 bits per heavy atom. The molecule has 4 heterocycles. The summed E-state index contributed by atoms with van der Waals surface area (Å²) >= 11 is 0. The molecule has 2 aromatic heterocycles. The van der Waals surface area contributed by atoms with Crippen molar-refractivity contribution in [2.75, 3.05) is 45.2 Å². The Kier molecular flexibility index (Phi) is 8.03. The summed E-state index contributed by atoms with van der Waals surface area (Å²) in [6.45, 7) is 3.40. The molecule has 240 valence electrons. The molecule has 0 bridgehead atoms. The maximum absolute atomic E-state index is 15.4. The van der Waals surface area contributed by atoms with Crippen LogP contribution in [0.3, 0.4) is 0 Å². The topological polar surface area (TPSA) is 122 Å². The van der Waals surface area contributed by atoms with Gasteiger partial charge in [-0.3, -0.25) is 4.79 Å². The number of carbonyl (C=O) groups is 2. The van der Waals surface area contributed by atoms with Crippen LogP contribution in [0.4, 0.5) is 19.3 Å². The summed E-state index contributed by atoms with van der Waals surface area (Å²) in [5.74, 6) is -2.31. The minimum absolute atomic E-state index is 0.0197. The molecule has 2 aliphatic rings. The Labute approximate surface area is 264 Å². The first-order chi connectivity index (χ1) is 21.9. The van der Waals surface area contributed by atoms with Crippen LogP contribution in [0.25, 0.3) is 27.7 Å². The molecule has 10 nitrogen and oxygen atoms in total. The van der Waals surface area contributed by atoms with Crippen molar-refractivity contribution in [1.29, 1.82) is 0 Å². The van der Waals surface area contributed by atoms with Crippen LogP contribution in [-0.2, 0) is 12.2 Å². The van der Waals surface area contributed by atoms with Crippen LogP contribution in [0, 0.1) is 11.6 Å². The fourth-order valence-corrected chi connectivity index (χ4v) is 6.04. The van der Waals surface area contributed by atoms with Crippen molar-refractivity contribution in [1.82, 2.24) is 19.8 Å². The molecule has 3 N–H and O–H groups in total. The molecular formula is C34H35F2N5O5. The number of aliphatic hydroxyl groups excluding tert-OH is 1. The smallest absolute Gasteiger partial charge is 0.319 e. The standard InChI is InChI=1S/C34H35F2N5O5/c1-34(2,45)20-13-26(36)30-29(14-20)46-12-11-41(32(30)43)28-16-21(35)15-23(25(28)18-42)22-5-8-37-31-24(22)17-27(38-31)19-6-9-40(10-7-19)33(44)39(3)4/h5-6,8,13-17,42,45H,7,9-12,18H2,1-4H3,(H,37,38). The number of hydrogen-bond donors (Lipinski definition) is 3. The molecule has 0 spiro atoms. The minimum atomic E-state index is -1.37. The second-order valence-corrected chi connectivity index (χ2v) is 12.2. The van der Waals surface area contributed by atoms with Crippen molar-refractivity contribution < 1.29 is 33.3 Å². The number of halogens is 2. The number of pyridine rings is 1. The molecular weight excluding hydrogens is 596 g/mol. The maximum Gasteiger partial charge on any atom is 0.319 e. The SMILES string of the molecule is CN(C)C(=O)N1CC=C(c2cc3c(-c4cc(F)cc(N5CCOc6cc(C(C)(C)O)cc(F)c6C5=O)c4CO)ccnc3[nH]2)CC1. The number of urea groups is 1. The summed E-state index contributed by atoms with van der Waals surface area (Å²) in [5.41, 5.74) is 2.20. The number of ether oxygens (including phenoxy) is 1. The van der Waals surface area contributed by atoms with E-state index >= 15 is 8.78 Å². The first kappa shape index (κ1) is 31.2. The van der Waals surface area contributed by atoms with Gasteiger partial charge in [-0.15, -0.1) is 0 Å². The summed E-state index contributed by atoms with van der Waals surface area (Å²) < 4.78 is 36.6. The van der Waals surface area contributed by atoms with E-state index in [1.165, 1.54) is 30.9 Å². The third-order valence-electron chi connectivity index (χ3n) is 8.46. The lowest BCUT2D eigenvalue weighted by Crippen LogP contribution is -2.41. The summed E-state index contributed by atoms with van der Waals surface area (Å²) in [6.07, 6.45) is 4.19. The van der Waals surface area contributed by atoms with Crippen molar-refractivity contribution in [2.45, 2.75) is 32.5 Å². The monoisotopic (exact) mass is 631 g/mol. The molecule has 6 rings (SSSR count). The van der Waals surface area contributed by atoms with Crippen molar-refractivity contribution in [3.05, 3.63) is 82.7 Å². The summed E-state index contributed by atoms with van der Waals surface area (Å²) in [6, 6.07) is 8.53. The van der Waals surface area contributed by atoms with Gasteiger partial charge in [-0.25, -0.2) is 18.6 Å². The average Bonchev–Trinajstić information content (AvgIpc) is 3.38. The minimum Gasteiger partial charge on any atom is -0.491 e. The van der Waals surface area contributed by atoms with Crippen molar-refractivity contribution >= 4 is 34.2 Å². The molecule has 12 heteroatoms. The second-order valence-electron chi connectivity index (χ2n) is 12.2. The summed E-state index contributed by atoms with van der Waals surface area (Å²) in [4.78, 5) is 38.5. The van der Waals surface area contributed by atoms with Gasteiger partial charge in [0, 0.05) is 50.0 Å². The number of aromatic amines is 1. The van der Waals surface area contributed by atoms with E-state index in [9.17, 15) is 19.8 Å². The Balaban J connectivity index is 1.41. The number of anilines is 1. The number of nitrogens with one attached hydrogen (secondary N) is 1. The van der Waals surface area contributed by atoms with Gasteiger partial charge in [0.05, 0.1) is 24.4 Å². The number of H-pyrrole nitrogens is 1. The number of hydrogen-bond acceptors (Lipinski definition) is 6. The predicted octanol–water partition coefficient (Wildman–Crippen LogP) is 5.04. The fourth-order valence-electron chi connectivity index (χ4n) is 6.04. The van der Waals surface area contributed by atoms with Crippen LogP contribution in [0.2, 0.25) is 0 Å². The highest BCUT2D eigenvalue weighted by Gasteiger charge is 2.33.